The zero-order chi connectivity index (χ0) is 15.0. The topological polar surface area (TPSA) is 64.0 Å². The monoisotopic (exact) mass is 280 g/mol. The summed E-state index contributed by atoms with van der Waals surface area (Å²) >= 11 is 0. The van der Waals surface area contributed by atoms with Crippen molar-refractivity contribution in [2.45, 2.75) is 19.9 Å². The van der Waals surface area contributed by atoms with Gasteiger partial charge < -0.3 is 20.0 Å². The molecule has 0 spiro atoms. The fourth-order valence-corrected chi connectivity index (χ4v) is 2.08. The minimum absolute atomic E-state index is 0.146. The van der Waals surface area contributed by atoms with E-state index in [1.807, 2.05) is 36.2 Å². The first-order valence-electron chi connectivity index (χ1n) is 6.92. The first-order chi connectivity index (χ1) is 9.56. The van der Waals surface area contributed by atoms with Crippen molar-refractivity contribution in [1.29, 1.82) is 0 Å². The smallest absolute Gasteiger partial charge is 0.304 e. The number of aliphatic hydroxyl groups is 1. The summed E-state index contributed by atoms with van der Waals surface area (Å²) in [4.78, 5) is 14.6. The van der Waals surface area contributed by atoms with Crippen LogP contribution in [0, 0.1) is 0 Å². The van der Waals surface area contributed by atoms with Gasteiger partial charge in [-0.2, -0.15) is 0 Å². The Bertz CT molecular complexity index is 406. The maximum atomic E-state index is 10.5. The van der Waals surface area contributed by atoms with Crippen LogP contribution in [0.4, 0.5) is 5.69 Å². The Morgan fingerprint density at radius 3 is 2.35 bits per heavy atom. The molecule has 5 heteroatoms. The van der Waals surface area contributed by atoms with Crippen molar-refractivity contribution in [3.63, 3.8) is 0 Å². The van der Waals surface area contributed by atoms with Crippen molar-refractivity contribution < 1.29 is 15.0 Å². The van der Waals surface area contributed by atoms with Gasteiger partial charge in [-0.1, -0.05) is 12.1 Å². The van der Waals surface area contributed by atoms with Crippen molar-refractivity contribution in [2.75, 3.05) is 38.2 Å². The third-order valence-electron chi connectivity index (χ3n) is 3.21. The number of anilines is 1. The standard InChI is InChI=1S/C15H24N2O3/c1-3-17(10-11-18)14-6-4-13(5-7-14)12-16(2)9-8-15(19)20/h4-7,18H,3,8-12H2,1-2H3,(H,19,20). The van der Waals surface area contributed by atoms with Gasteiger partial charge in [0.25, 0.3) is 0 Å². The molecule has 0 bridgehead atoms. The molecule has 20 heavy (non-hydrogen) atoms. The molecule has 5 nitrogen and oxygen atoms in total. The van der Waals surface area contributed by atoms with Gasteiger partial charge in [-0.3, -0.25) is 4.79 Å². The van der Waals surface area contributed by atoms with E-state index < -0.39 is 5.97 Å². The number of rotatable bonds is 9. The normalized spacial score (nSPS) is 10.8. The van der Waals surface area contributed by atoms with Crippen LogP contribution in [0.5, 0.6) is 0 Å². The van der Waals surface area contributed by atoms with E-state index in [-0.39, 0.29) is 13.0 Å². The largest absolute Gasteiger partial charge is 0.481 e. The summed E-state index contributed by atoms with van der Waals surface area (Å²) < 4.78 is 0. The molecule has 112 valence electrons. The first kappa shape index (κ1) is 16.5. The predicted molar refractivity (Wildman–Crippen MR) is 80.0 cm³/mol. The van der Waals surface area contributed by atoms with Crippen LogP contribution in [-0.4, -0.2) is 54.4 Å². The van der Waals surface area contributed by atoms with Crippen molar-refractivity contribution in [3.8, 4) is 0 Å². The number of aliphatic hydroxyl groups excluding tert-OH is 1. The summed E-state index contributed by atoms with van der Waals surface area (Å²) in [7, 11) is 1.92. The van der Waals surface area contributed by atoms with E-state index in [1.54, 1.807) is 0 Å². The number of carbonyl (C=O) groups is 1. The Hall–Kier alpha value is -1.59. The predicted octanol–water partition coefficient (Wildman–Crippen LogP) is 1.41. The second-order valence-electron chi connectivity index (χ2n) is 4.85. The number of benzene rings is 1. The Labute approximate surface area is 120 Å². The second kappa shape index (κ2) is 8.55. The Morgan fingerprint density at radius 2 is 1.85 bits per heavy atom. The van der Waals surface area contributed by atoms with E-state index >= 15 is 0 Å². The quantitative estimate of drug-likeness (QED) is 0.716. The van der Waals surface area contributed by atoms with E-state index in [0.717, 1.165) is 24.3 Å². The number of carboxylic acid groups (broad SMARTS) is 1. The van der Waals surface area contributed by atoms with Gasteiger partial charge in [0.2, 0.25) is 0 Å². The molecule has 0 aliphatic carbocycles. The lowest BCUT2D eigenvalue weighted by Gasteiger charge is -2.22. The maximum absolute atomic E-state index is 10.5. The molecule has 0 fully saturated rings. The zero-order valence-electron chi connectivity index (χ0n) is 12.2. The maximum Gasteiger partial charge on any atom is 0.304 e. The lowest BCUT2D eigenvalue weighted by Crippen LogP contribution is -2.26. The summed E-state index contributed by atoms with van der Waals surface area (Å²) in [6.07, 6.45) is 0.161. The van der Waals surface area contributed by atoms with Crippen LogP contribution in [0.15, 0.2) is 24.3 Å². The molecular weight excluding hydrogens is 256 g/mol. The zero-order valence-corrected chi connectivity index (χ0v) is 12.2. The van der Waals surface area contributed by atoms with E-state index in [4.69, 9.17) is 10.2 Å². The van der Waals surface area contributed by atoms with Crippen LogP contribution in [0.3, 0.4) is 0 Å². The highest BCUT2D eigenvalue weighted by Crippen LogP contribution is 2.15. The van der Waals surface area contributed by atoms with Crippen molar-refractivity contribution in [3.05, 3.63) is 29.8 Å². The Kier molecular flexibility index (Phi) is 7.04. The van der Waals surface area contributed by atoms with Gasteiger partial charge in [-0.15, -0.1) is 0 Å². The molecule has 0 unspecified atom stereocenters. The summed E-state index contributed by atoms with van der Waals surface area (Å²) in [6.45, 7) is 4.98. The highest BCUT2D eigenvalue weighted by atomic mass is 16.4. The number of nitrogens with zero attached hydrogens (tertiary/aromatic N) is 2. The number of hydrogen-bond donors (Lipinski definition) is 2. The Morgan fingerprint density at radius 1 is 1.20 bits per heavy atom. The highest BCUT2D eigenvalue weighted by Gasteiger charge is 2.06. The molecule has 0 aliphatic rings. The number of likely N-dealkylation sites (N-methyl/N-ethyl adjacent to an activating group) is 1. The van der Waals surface area contributed by atoms with Gasteiger partial charge in [0, 0.05) is 31.9 Å². The average Bonchev–Trinajstić information content (AvgIpc) is 2.43. The molecule has 0 atom stereocenters. The third-order valence-corrected chi connectivity index (χ3v) is 3.21. The first-order valence-corrected chi connectivity index (χ1v) is 6.92. The summed E-state index contributed by atoms with van der Waals surface area (Å²) in [5.74, 6) is -0.769. The van der Waals surface area contributed by atoms with Crippen molar-refractivity contribution >= 4 is 11.7 Å². The fraction of sp³-hybridized carbons (Fsp3) is 0.533. The lowest BCUT2D eigenvalue weighted by atomic mass is 10.2. The van der Waals surface area contributed by atoms with Crippen molar-refractivity contribution in [1.82, 2.24) is 4.90 Å². The van der Waals surface area contributed by atoms with Gasteiger partial charge in [-0.05, 0) is 31.7 Å². The van der Waals surface area contributed by atoms with Gasteiger partial charge in [0.15, 0.2) is 0 Å². The highest BCUT2D eigenvalue weighted by molar-refractivity contribution is 5.66. The van der Waals surface area contributed by atoms with E-state index in [0.29, 0.717) is 13.1 Å². The lowest BCUT2D eigenvalue weighted by molar-refractivity contribution is -0.137. The van der Waals surface area contributed by atoms with Gasteiger partial charge in [0.1, 0.15) is 0 Å². The molecule has 1 aromatic carbocycles. The minimum Gasteiger partial charge on any atom is -0.481 e. The van der Waals surface area contributed by atoms with Crippen LogP contribution >= 0.6 is 0 Å². The number of carboxylic acids is 1. The van der Waals surface area contributed by atoms with E-state index in [9.17, 15) is 4.79 Å². The summed E-state index contributed by atoms with van der Waals surface area (Å²) in [5, 5.41) is 17.7. The van der Waals surface area contributed by atoms with E-state index in [1.165, 1.54) is 0 Å². The van der Waals surface area contributed by atoms with Crippen LogP contribution in [-0.2, 0) is 11.3 Å². The van der Waals surface area contributed by atoms with Crippen LogP contribution < -0.4 is 4.90 Å². The SMILES string of the molecule is CCN(CCO)c1ccc(CN(C)CCC(=O)O)cc1. The molecule has 0 amide bonds. The van der Waals surface area contributed by atoms with E-state index in [2.05, 4.69) is 11.8 Å². The molecule has 0 aromatic heterocycles. The van der Waals surface area contributed by atoms with Crippen molar-refractivity contribution in [2.24, 2.45) is 0 Å². The molecule has 0 saturated heterocycles. The summed E-state index contributed by atoms with van der Waals surface area (Å²) in [5.41, 5.74) is 2.25. The minimum atomic E-state index is -0.769. The fourth-order valence-electron chi connectivity index (χ4n) is 2.08. The Balaban J connectivity index is 2.55. The third kappa shape index (κ3) is 5.59. The molecule has 0 heterocycles. The average molecular weight is 280 g/mol. The number of aliphatic carboxylic acids is 1. The molecule has 1 rings (SSSR count). The van der Waals surface area contributed by atoms with Gasteiger partial charge in [0.05, 0.1) is 13.0 Å². The molecule has 0 aliphatic heterocycles. The molecule has 0 saturated carbocycles. The molecule has 1 aromatic rings. The van der Waals surface area contributed by atoms with Gasteiger partial charge >= 0.3 is 5.97 Å². The molecule has 0 radical (unpaired) electrons. The molecule has 2 N–H and O–H groups in total. The van der Waals surface area contributed by atoms with Gasteiger partial charge in [-0.25, -0.2) is 0 Å². The molecular formula is C15H24N2O3. The van der Waals surface area contributed by atoms with Crippen LogP contribution in [0.1, 0.15) is 18.9 Å². The summed E-state index contributed by atoms with van der Waals surface area (Å²) in [6, 6.07) is 8.18. The second-order valence-corrected chi connectivity index (χ2v) is 4.85. The van der Waals surface area contributed by atoms with Crippen LogP contribution in [0.25, 0.3) is 0 Å². The number of hydrogen-bond acceptors (Lipinski definition) is 4. The van der Waals surface area contributed by atoms with Crippen LogP contribution in [0.2, 0.25) is 0 Å².